The molecule has 0 unspecified atom stereocenters. The molecule has 8 heteroatoms. The highest BCUT2D eigenvalue weighted by atomic mass is 35.5. The summed E-state index contributed by atoms with van der Waals surface area (Å²) >= 11 is 24.6. The van der Waals surface area contributed by atoms with Crippen LogP contribution in [0.15, 0.2) is 24.3 Å². The van der Waals surface area contributed by atoms with E-state index in [2.05, 4.69) is 0 Å². The lowest BCUT2D eigenvalue weighted by atomic mass is 9.89. The first-order valence-electron chi connectivity index (χ1n) is 7.02. The standard InChI is InChI=1S/C17H10Cl4N2O2/c1-2-11(9-3-12(18)16(24-7-22)13(19)4-9)10-5-14(20)17(25-8-23)15(21)6-10/h3-6,11H,2H2,1H3. The predicted octanol–water partition coefficient (Wildman–Crippen LogP) is 6.56. The molecule has 0 N–H and O–H groups in total. The Morgan fingerprint density at radius 3 is 1.36 bits per heavy atom. The summed E-state index contributed by atoms with van der Waals surface area (Å²) in [4.78, 5) is 0. The third kappa shape index (κ3) is 4.24. The molecule has 2 aromatic rings. The van der Waals surface area contributed by atoms with Crippen LogP contribution in [0.1, 0.15) is 30.4 Å². The summed E-state index contributed by atoms with van der Waals surface area (Å²) in [5.41, 5.74) is 1.62. The van der Waals surface area contributed by atoms with Gasteiger partial charge in [-0.05, 0) is 41.8 Å². The van der Waals surface area contributed by atoms with Gasteiger partial charge in [-0.1, -0.05) is 53.3 Å². The molecule has 0 aliphatic heterocycles. The van der Waals surface area contributed by atoms with Crippen LogP contribution >= 0.6 is 46.4 Å². The zero-order valence-electron chi connectivity index (χ0n) is 12.8. The van der Waals surface area contributed by atoms with E-state index in [1.807, 2.05) is 6.92 Å². The van der Waals surface area contributed by atoms with Crippen molar-refractivity contribution in [3.63, 3.8) is 0 Å². The number of halogens is 4. The Morgan fingerprint density at radius 1 is 0.800 bits per heavy atom. The summed E-state index contributed by atoms with van der Waals surface area (Å²) in [6, 6.07) is 6.71. The number of nitrogens with zero attached hydrogens (tertiary/aromatic N) is 2. The normalized spacial score (nSPS) is 10.2. The van der Waals surface area contributed by atoms with Crippen LogP contribution in [0.5, 0.6) is 11.5 Å². The first-order valence-corrected chi connectivity index (χ1v) is 8.53. The second-order valence-electron chi connectivity index (χ2n) is 4.97. The maximum atomic E-state index is 8.65. The highest BCUT2D eigenvalue weighted by Gasteiger charge is 2.20. The van der Waals surface area contributed by atoms with Crippen molar-refractivity contribution in [1.82, 2.24) is 0 Å². The van der Waals surface area contributed by atoms with Crippen molar-refractivity contribution in [3.05, 3.63) is 55.5 Å². The van der Waals surface area contributed by atoms with E-state index in [-0.39, 0.29) is 37.5 Å². The third-order valence-corrected chi connectivity index (χ3v) is 4.67. The van der Waals surface area contributed by atoms with Gasteiger partial charge in [0.2, 0.25) is 0 Å². The fraction of sp³-hybridized carbons (Fsp3) is 0.176. The average molecular weight is 416 g/mol. The number of rotatable bonds is 5. The van der Waals surface area contributed by atoms with Crippen molar-refractivity contribution < 1.29 is 9.47 Å². The molecule has 2 rings (SSSR count). The van der Waals surface area contributed by atoms with E-state index in [0.717, 1.165) is 11.1 Å². The van der Waals surface area contributed by atoms with E-state index in [1.165, 1.54) is 0 Å². The van der Waals surface area contributed by atoms with Gasteiger partial charge in [0.1, 0.15) is 0 Å². The van der Waals surface area contributed by atoms with Crippen LogP contribution < -0.4 is 9.47 Å². The summed E-state index contributed by atoms with van der Waals surface area (Å²) in [7, 11) is 0. The predicted molar refractivity (Wildman–Crippen MR) is 97.5 cm³/mol. The van der Waals surface area contributed by atoms with Gasteiger partial charge in [-0.25, -0.2) is 0 Å². The smallest absolute Gasteiger partial charge is 0.292 e. The van der Waals surface area contributed by atoms with E-state index < -0.39 is 0 Å². The van der Waals surface area contributed by atoms with Gasteiger partial charge in [-0.3, -0.25) is 0 Å². The molecule has 128 valence electrons. The number of hydrogen-bond acceptors (Lipinski definition) is 4. The lowest BCUT2D eigenvalue weighted by molar-refractivity contribution is 0.507. The minimum absolute atomic E-state index is 0.110. The quantitative estimate of drug-likeness (QED) is 0.518. The largest absolute Gasteiger partial charge is 0.385 e. The Morgan fingerprint density at radius 2 is 1.12 bits per heavy atom. The van der Waals surface area contributed by atoms with Gasteiger partial charge in [0.05, 0.1) is 20.1 Å². The molecule has 0 aromatic heterocycles. The monoisotopic (exact) mass is 414 g/mol. The third-order valence-electron chi connectivity index (χ3n) is 3.55. The first-order chi connectivity index (χ1) is 11.9. The lowest BCUT2D eigenvalue weighted by Crippen LogP contribution is -2.02. The van der Waals surface area contributed by atoms with Crippen LogP contribution in [0.2, 0.25) is 20.1 Å². The molecular formula is C17H10Cl4N2O2. The van der Waals surface area contributed by atoms with E-state index in [4.69, 9.17) is 66.4 Å². The van der Waals surface area contributed by atoms with Gasteiger partial charge < -0.3 is 9.47 Å². The second kappa shape index (κ2) is 8.52. The molecule has 0 heterocycles. The van der Waals surface area contributed by atoms with E-state index >= 15 is 0 Å². The zero-order valence-corrected chi connectivity index (χ0v) is 15.8. The van der Waals surface area contributed by atoms with Crippen molar-refractivity contribution in [2.24, 2.45) is 0 Å². The summed E-state index contributed by atoms with van der Waals surface area (Å²) in [6.45, 7) is 1.98. The number of nitriles is 2. The van der Waals surface area contributed by atoms with Crippen molar-refractivity contribution in [2.75, 3.05) is 0 Å². The van der Waals surface area contributed by atoms with E-state index in [1.54, 1.807) is 36.8 Å². The van der Waals surface area contributed by atoms with Crippen LogP contribution in [0.25, 0.3) is 0 Å². The molecule has 0 saturated heterocycles. The maximum Gasteiger partial charge on any atom is 0.292 e. The Bertz CT molecular complexity index is 770. The van der Waals surface area contributed by atoms with Crippen LogP contribution in [-0.4, -0.2) is 0 Å². The Hall–Kier alpha value is -1.82. The lowest BCUT2D eigenvalue weighted by Gasteiger charge is -2.19. The molecule has 0 fully saturated rings. The summed E-state index contributed by atoms with van der Waals surface area (Å²) in [6.07, 6.45) is 3.80. The number of ether oxygens (including phenoxy) is 2. The highest BCUT2D eigenvalue weighted by molar-refractivity contribution is 6.38. The van der Waals surface area contributed by atoms with Crippen LogP contribution in [0, 0.1) is 23.0 Å². The molecule has 0 saturated carbocycles. The Labute approximate surface area is 165 Å². The molecule has 0 spiro atoms. The van der Waals surface area contributed by atoms with Gasteiger partial charge >= 0.3 is 0 Å². The minimum atomic E-state index is -0.114. The van der Waals surface area contributed by atoms with Gasteiger partial charge in [0.15, 0.2) is 11.5 Å². The van der Waals surface area contributed by atoms with Crippen LogP contribution in [0.3, 0.4) is 0 Å². The molecule has 0 amide bonds. The van der Waals surface area contributed by atoms with Crippen molar-refractivity contribution >= 4 is 46.4 Å². The van der Waals surface area contributed by atoms with Crippen LogP contribution in [0.4, 0.5) is 0 Å². The molecule has 0 aliphatic rings. The van der Waals surface area contributed by atoms with E-state index in [0.29, 0.717) is 6.42 Å². The first kappa shape index (κ1) is 19.5. The topological polar surface area (TPSA) is 66.0 Å². The van der Waals surface area contributed by atoms with Crippen molar-refractivity contribution in [3.8, 4) is 24.0 Å². The molecule has 25 heavy (non-hydrogen) atoms. The second-order valence-corrected chi connectivity index (χ2v) is 6.60. The molecular weight excluding hydrogens is 406 g/mol. The van der Waals surface area contributed by atoms with E-state index in [9.17, 15) is 0 Å². The van der Waals surface area contributed by atoms with Gasteiger partial charge in [-0.15, -0.1) is 10.5 Å². The molecule has 0 bridgehead atoms. The van der Waals surface area contributed by atoms with Crippen molar-refractivity contribution in [1.29, 1.82) is 10.5 Å². The average Bonchev–Trinajstić information content (AvgIpc) is 2.55. The van der Waals surface area contributed by atoms with Crippen LogP contribution in [-0.2, 0) is 0 Å². The maximum absolute atomic E-state index is 8.65. The zero-order chi connectivity index (χ0) is 18.6. The number of hydrogen-bond donors (Lipinski definition) is 0. The Kier molecular flexibility index (Phi) is 6.64. The fourth-order valence-corrected chi connectivity index (χ4v) is 3.67. The molecule has 4 nitrogen and oxygen atoms in total. The molecule has 0 radical (unpaired) electrons. The number of benzene rings is 2. The van der Waals surface area contributed by atoms with Crippen molar-refractivity contribution in [2.45, 2.75) is 19.3 Å². The molecule has 0 aliphatic carbocycles. The summed E-state index contributed by atoms with van der Waals surface area (Å²) < 4.78 is 9.55. The highest BCUT2D eigenvalue weighted by Crippen LogP contribution is 2.42. The Balaban J connectivity index is 2.51. The summed E-state index contributed by atoms with van der Waals surface area (Å²) in [5, 5.41) is 18.2. The molecule has 0 atom stereocenters. The van der Waals surface area contributed by atoms with Gasteiger partial charge in [0, 0.05) is 5.92 Å². The van der Waals surface area contributed by atoms with Gasteiger partial charge in [0.25, 0.3) is 12.5 Å². The fourth-order valence-electron chi connectivity index (χ4n) is 2.51. The SMILES string of the molecule is CCC(c1cc(Cl)c(OC#N)c(Cl)c1)c1cc(Cl)c(OC#N)c(Cl)c1. The minimum Gasteiger partial charge on any atom is -0.385 e. The summed E-state index contributed by atoms with van der Waals surface area (Å²) in [5.74, 6) is 0.105. The van der Waals surface area contributed by atoms with Gasteiger partial charge in [-0.2, -0.15) is 0 Å². The molecule has 2 aromatic carbocycles.